The van der Waals surface area contributed by atoms with E-state index in [0.29, 0.717) is 6.04 Å². The molecule has 0 radical (unpaired) electrons. The molecule has 1 aliphatic heterocycles. The van der Waals surface area contributed by atoms with Crippen LogP contribution >= 0.6 is 0 Å². The van der Waals surface area contributed by atoms with Gasteiger partial charge in [-0.2, -0.15) is 0 Å². The SMILES string of the molecule is CCN1CCC[C@H]1C[C@H](C)N. The van der Waals surface area contributed by atoms with Crippen molar-refractivity contribution in [1.29, 1.82) is 0 Å². The van der Waals surface area contributed by atoms with Crippen LogP contribution in [0.3, 0.4) is 0 Å². The fourth-order valence-corrected chi connectivity index (χ4v) is 2.01. The summed E-state index contributed by atoms with van der Waals surface area (Å²) in [6.07, 6.45) is 3.90. The van der Waals surface area contributed by atoms with E-state index in [4.69, 9.17) is 5.73 Å². The Labute approximate surface area is 69.8 Å². The Morgan fingerprint density at radius 2 is 2.36 bits per heavy atom. The molecule has 1 fully saturated rings. The molecule has 66 valence electrons. The molecule has 0 amide bonds. The first-order valence-electron chi connectivity index (χ1n) is 4.73. The highest BCUT2D eigenvalue weighted by molar-refractivity contribution is 4.80. The van der Waals surface area contributed by atoms with E-state index in [1.165, 1.54) is 32.4 Å². The lowest BCUT2D eigenvalue weighted by atomic mass is 10.1. The third-order valence-corrected chi connectivity index (χ3v) is 2.55. The van der Waals surface area contributed by atoms with Crippen molar-refractivity contribution in [2.75, 3.05) is 13.1 Å². The molecule has 0 bridgehead atoms. The van der Waals surface area contributed by atoms with E-state index in [1.807, 2.05) is 0 Å². The van der Waals surface area contributed by atoms with Crippen molar-refractivity contribution >= 4 is 0 Å². The number of hydrogen-bond acceptors (Lipinski definition) is 2. The van der Waals surface area contributed by atoms with Gasteiger partial charge in [0.2, 0.25) is 0 Å². The van der Waals surface area contributed by atoms with Crippen LogP contribution in [0.25, 0.3) is 0 Å². The molecule has 0 aromatic carbocycles. The van der Waals surface area contributed by atoms with Crippen LogP contribution in [0.1, 0.15) is 33.1 Å². The zero-order valence-corrected chi connectivity index (χ0v) is 7.71. The van der Waals surface area contributed by atoms with Gasteiger partial charge in [0.25, 0.3) is 0 Å². The summed E-state index contributed by atoms with van der Waals surface area (Å²) in [6.45, 7) is 6.82. The van der Waals surface area contributed by atoms with Crippen molar-refractivity contribution in [2.24, 2.45) is 5.73 Å². The molecule has 2 nitrogen and oxygen atoms in total. The highest BCUT2D eigenvalue weighted by atomic mass is 15.2. The zero-order valence-electron chi connectivity index (χ0n) is 7.71. The lowest BCUT2D eigenvalue weighted by Gasteiger charge is -2.23. The van der Waals surface area contributed by atoms with Crippen LogP contribution in [0.4, 0.5) is 0 Å². The number of nitrogens with two attached hydrogens (primary N) is 1. The Balaban J connectivity index is 2.31. The molecule has 1 aliphatic rings. The molecule has 0 saturated carbocycles. The van der Waals surface area contributed by atoms with Gasteiger partial charge in [-0.15, -0.1) is 0 Å². The second-order valence-electron chi connectivity index (χ2n) is 3.64. The molecule has 1 saturated heterocycles. The monoisotopic (exact) mass is 156 g/mol. The minimum absolute atomic E-state index is 0.368. The van der Waals surface area contributed by atoms with Crippen LogP contribution in [0.15, 0.2) is 0 Å². The number of nitrogens with zero attached hydrogens (tertiary/aromatic N) is 1. The number of hydrogen-bond donors (Lipinski definition) is 1. The van der Waals surface area contributed by atoms with Crippen molar-refractivity contribution in [1.82, 2.24) is 4.90 Å². The van der Waals surface area contributed by atoms with Gasteiger partial charge in [0.15, 0.2) is 0 Å². The molecule has 0 aromatic heterocycles. The van der Waals surface area contributed by atoms with E-state index < -0.39 is 0 Å². The summed E-state index contributed by atoms with van der Waals surface area (Å²) in [5.74, 6) is 0. The quantitative estimate of drug-likeness (QED) is 0.665. The fourth-order valence-electron chi connectivity index (χ4n) is 2.01. The van der Waals surface area contributed by atoms with Gasteiger partial charge < -0.3 is 10.6 Å². The van der Waals surface area contributed by atoms with Gasteiger partial charge in [0, 0.05) is 12.1 Å². The van der Waals surface area contributed by atoms with Gasteiger partial charge >= 0.3 is 0 Å². The average Bonchev–Trinajstić information content (AvgIpc) is 2.34. The fraction of sp³-hybridized carbons (Fsp3) is 1.00. The third kappa shape index (κ3) is 2.46. The molecule has 1 rings (SSSR count). The van der Waals surface area contributed by atoms with Gasteiger partial charge in [0.1, 0.15) is 0 Å². The van der Waals surface area contributed by atoms with Crippen molar-refractivity contribution in [3.8, 4) is 0 Å². The molecule has 0 aliphatic carbocycles. The molecule has 2 atom stereocenters. The predicted octanol–water partition coefficient (Wildman–Crippen LogP) is 1.21. The Bertz CT molecular complexity index is 112. The smallest absolute Gasteiger partial charge is 0.0110 e. The summed E-state index contributed by atoms with van der Waals surface area (Å²) in [4.78, 5) is 2.54. The van der Waals surface area contributed by atoms with E-state index in [1.54, 1.807) is 0 Å². The largest absolute Gasteiger partial charge is 0.328 e. The normalized spacial score (nSPS) is 29.2. The van der Waals surface area contributed by atoms with Crippen LogP contribution in [-0.4, -0.2) is 30.1 Å². The summed E-state index contributed by atoms with van der Waals surface area (Å²) in [5.41, 5.74) is 5.76. The van der Waals surface area contributed by atoms with Crippen LogP contribution in [0.5, 0.6) is 0 Å². The van der Waals surface area contributed by atoms with Gasteiger partial charge in [0.05, 0.1) is 0 Å². The van der Waals surface area contributed by atoms with Crippen LogP contribution in [-0.2, 0) is 0 Å². The van der Waals surface area contributed by atoms with E-state index in [-0.39, 0.29) is 0 Å². The highest BCUT2D eigenvalue weighted by Crippen LogP contribution is 2.19. The standard InChI is InChI=1S/C9H20N2/c1-3-11-6-4-5-9(11)7-8(2)10/h8-9H,3-7,10H2,1-2H3/t8-,9-/m0/s1. The molecule has 1 heterocycles. The summed E-state index contributed by atoms with van der Waals surface area (Å²) < 4.78 is 0. The van der Waals surface area contributed by atoms with E-state index in [0.717, 1.165) is 6.04 Å². The highest BCUT2D eigenvalue weighted by Gasteiger charge is 2.23. The maximum absolute atomic E-state index is 5.76. The van der Waals surface area contributed by atoms with Crippen molar-refractivity contribution in [3.05, 3.63) is 0 Å². The molecule has 11 heavy (non-hydrogen) atoms. The maximum Gasteiger partial charge on any atom is 0.0110 e. The molecule has 2 heteroatoms. The molecule has 0 spiro atoms. The Hall–Kier alpha value is -0.0800. The van der Waals surface area contributed by atoms with Crippen molar-refractivity contribution in [2.45, 2.75) is 45.2 Å². The summed E-state index contributed by atoms with van der Waals surface area (Å²) in [5, 5.41) is 0. The minimum atomic E-state index is 0.368. The molecule has 0 aromatic rings. The second-order valence-corrected chi connectivity index (χ2v) is 3.64. The van der Waals surface area contributed by atoms with Gasteiger partial charge in [-0.1, -0.05) is 6.92 Å². The van der Waals surface area contributed by atoms with Gasteiger partial charge in [-0.25, -0.2) is 0 Å². The first-order chi connectivity index (χ1) is 5.24. The van der Waals surface area contributed by atoms with Crippen molar-refractivity contribution in [3.63, 3.8) is 0 Å². The lowest BCUT2D eigenvalue weighted by Crippen LogP contribution is -2.33. The molecular formula is C9H20N2. The molecule has 2 N–H and O–H groups in total. The zero-order chi connectivity index (χ0) is 8.27. The first kappa shape index (κ1) is 9.01. The average molecular weight is 156 g/mol. The Morgan fingerprint density at radius 3 is 2.91 bits per heavy atom. The number of rotatable bonds is 3. The van der Waals surface area contributed by atoms with Gasteiger partial charge in [-0.3, -0.25) is 0 Å². The van der Waals surface area contributed by atoms with E-state index in [9.17, 15) is 0 Å². The van der Waals surface area contributed by atoms with Crippen molar-refractivity contribution < 1.29 is 0 Å². The van der Waals surface area contributed by atoms with E-state index in [2.05, 4.69) is 18.7 Å². The molecular weight excluding hydrogens is 136 g/mol. The topological polar surface area (TPSA) is 29.3 Å². The predicted molar refractivity (Wildman–Crippen MR) is 48.5 cm³/mol. The minimum Gasteiger partial charge on any atom is -0.328 e. The Kier molecular flexibility index (Phi) is 3.34. The summed E-state index contributed by atoms with van der Waals surface area (Å²) >= 11 is 0. The van der Waals surface area contributed by atoms with Crippen LogP contribution in [0.2, 0.25) is 0 Å². The summed E-state index contributed by atoms with van der Waals surface area (Å²) in [6, 6.07) is 1.15. The lowest BCUT2D eigenvalue weighted by molar-refractivity contribution is 0.247. The number of likely N-dealkylation sites (tertiary alicyclic amines) is 1. The van der Waals surface area contributed by atoms with Crippen LogP contribution in [0, 0.1) is 0 Å². The van der Waals surface area contributed by atoms with Gasteiger partial charge in [-0.05, 0) is 39.3 Å². The second kappa shape index (κ2) is 4.07. The third-order valence-electron chi connectivity index (χ3n) is 2.55. The Morgan fingerprint density at radius 1 is 1.64 bits per heavy atom. The first-order valence-corrected chi connectivity index (χ1v) is 4.73. The molecule has 0 unspecified atom stereocenters. The van der Waals surface area contributed by atoms with E-state index >= 15 is 0 Å². The van der Waals surface area contributed by atoms with Crippen LogP contribution < -0.4 is 5.73 Å². The maximum atomic E-state index is 5.76. The summed E-state index contributed by atoms with van der Waals surface area (Å²) in [7, 11) is 0.